The number of hydrogen-bond donors (Lipinski definition) is 1. The highest BCUT2D eigenvalue weighted by Gasteiger charge is 2.35. The fraction of sp³-hybridized carbons (Fsp3) is 1.00. The summed E-state index contributed by atoms with van der Waals surface area (Å²) in [5.74, 6) is 0. The Kier molecular flexibility index (Phi) is 4.83. The molecule has 0 radical (unpaired) electrons. The van der Waals surface area contributed by atoms with Crippen LogP contribution in [0.25, 0.3) is 0 Å². The van der Waals surface area contributed by atoms with Gasteiger partial charge in [0.05, 0.1) is 12.7 Å². The van der Waals surface area contributed by atoms with Crippen molar-refractivity contribution in [2.45, 2.75) is 70.2 Å². The topological polar surface area (TPSA) is 24.5 Å². The second-order valence-electron chi connectivity index (χ2n) is 5.95. The fourth-order valence-corrected chi connectivity index (χ4v) is 3.34. The third-order valence-corrected chi connectivity index (χ3v) is 4.33. The van der Waals surface area contributed by atoms with Crippen molar-refractivity contribution in [2.24, 2.45) is 0 Å². The van der Waals surface area contributed by atoms with E-state index < -0.39 is 0 Å². The molecule has 2 saturated heterocycles. The summed E-state index contributed by atoms with van der Waals surface area (Å²) >= 11 is 0. The quantitative estimate of drug-likeness (QED) is 0.744. The minimum atomic E-state index is 0.355. The smallest absolute Gasteiger partial charge is 0.0594 e. The molecule has 2 heterocycles. The molecule has 2 fully saturated rings. The lowest BCUT2D eigenvalue weighted by atomic mass is 9.82. The molecule has 1 N–H and O–H groups in total. The highest BCUT2D eigenvalue weighted by molar-refractivity contribution is 4.93. The first-order valence-electron chi connectivity index (χ1n) is 7.23. The van der Waals surface area contributed by atoms with Gasteiger partial charge in [-0.1, -0.05) is 6.42 Å². The molecule has 3 heteroatoms. The van der Waals surface area contributed by atoms with Gasteiger partial charge in [-0.25, -0.2) is 0 Å². The van der Waals surface area contributed by atoms with E-state index >= 15 is 0 Å². The van der Waals surface area contributed by atoms with Gasteiger partial charge in [0.25, 0.3) is 0 Å². The molecule has 0 aromatic carbocycles. The van der Waals surface area contributed by atoms with Gasteiger partial charge in [-0.15, -0.1) is 0 Å². The minimum Gasteiger partial charge on any atom is -0.377 e. The van der Waals surface area contributed by atoms with Crippen LogP contribution in [0.5, 0.6) is 0 Å². The van der Waals surface area contributed by atoms with Crippen molar-refractivity contribution in [3.05, 3.63) is 0 Å². The standard InChI is InChI=1S/C14H28N2O/c1-11(2)17-8-7-15-12-9-13-5-4-6-14(10-12)16(13)3/h11-15H,4-10H2,1-3H3. The summed E-state index contributed by atoms with van der Waals surface area (Å²) in [6, 6.07) is 2.37. The SMILES string of the molecule is CC(C)OCCNC1CC2CCCC(C1)N2C. The predicted molar refractivity (Wildman–Crippen MR) is 71.3 cm³/mol. The minimum absolute atomic E-state index is 0.355. The van der Waals surface area contributed by atoms with Crippen LogP contribution < -0.4 is 5.32 Å². The fourth-order valence-electron chi connectivity index (χ4n) is 3.34. The van der Waals surface area contributed by atoms with Crippen LogP contribution in [0.4, 0.5) is 0 Å². The van der Waals surface area contributed by atoms with Crippen LogP contribution in [-0.2, 0) is 4.74 Å². The highest BCUT2D eigenvalue weighted by atomic mass is 16.5. The molecule has 2 atom stereocenters. The van der Waals surface area contributed by atoms with Gasteiger partial charge in [-0.05, 0) is 46.6 Å². The Morgan fingerprint density at radius 1 is 1.24 bits per heavy atom. The van der Waals surface area contributed by atoms with Gasteiger partial charge in [0.1, 0.15) is 0 Å². The molecule has 3 nitrogen and oxygen atoms in total. The zero-order valence-electron chi connectivity index (χ0n) is 11.6. The van der Waals surface area contributed by atoms with Crippen LogP contribution in [0.2, 0.25) is 0 Å². The average molecular weight is 240 g/mol. The average Bonchev–Trinajstić information content (AvgIpc) is 2.25. The van der Waals surface area contributed by atoms with Crippen molar-refractivity contribution in [2.75, 3.05) is 20.2 Å². The molecule has 0 amide bonds. The number of ether oxygens (including phenoxy) is 1. The summed E-state index contributed by atoms with van der Waals surface area (Å²) in [5.41, 5.74) is 0. The Morgan fingerprint density at radius 3 is 2.47 bits per heavy atom. The Labute approximate surface area is 106 Å². The molecule has 0 spiro atoms. The van der Waals surface area contributed by atoms with Crippen molar-refractivity contribution in [1.82, 2.24) is 10.2 Å². The summed E-state index contributed by atoms with van der Waals surface area (Å²) in [5, 5.41) is 3.67. The molecule has 2 bridgehead atoms. The molecule has 0 aromatic rings. The Hall–Kier alpha value is -0.120. The Morgan fingerprint density at radius 2 is 1.88 bits per heavy atom. The maximum atomic E-state index is 5.58. The van der Waals surface area contributed by atoms with E-state index in [0.29, 0.717) is 6.10 Å². The van der Waals surface area contributed by atoms with Gasteiger partial charge < -0.3 is 15.0 Å². The monoisotopic (exact) mass is 240 g/mol. The number of hydrogen-bond acceptors (Lipinski definition) is 3. The number of piperidine rings is 2. The highest BCUT2D eigenvalue weighted by Crippen LogP contribution is 2.32. The molecule has 2 aliphatic rings. The lowest BCUT2D eigenvalue weighted by Gasteiger charge is -2.47. The lowest BCUT2D eigenvalue weighted by Crippen LogP contribution is -2.54. The largest absolute Gasteiger partial charge is 0.377 e. The molecular formula is C14H28N2O. The van der Waals surface area contributed by atoms with E-state index in [9.17, 15) is 0 Å². The van der Waals surface area contributed by atoms with E-state index in [2.05, 4.69) is 31.1 Å². The van der Waals surface area contributed by atoms with Crippen LogP contribution in [0, 0.1) is 0 Å². The number of fused-ring (bicyclic) bond motifs is 2. The first-order valence-corrected chi connectivity index (χ1v) is 7.23. The van der Waals surface area contributed by atoms with Gasteiger partial charge in [0.2, 0.25) is 0 Å². The van der Waals surface area contributed by atoms with Crippen molar-refractivity contribution in [1.29, 1.82) is 0 Å². The second-order valence-corrected chi connectivity index (χ2v) is 5.95. The second kappa shape index (κ2) is 6.17. The maximum absolute atomic E-state index is 5.58. The molecule has 2 rings (SSSR count). The maximum Gasteiger partial charge on any atom is 0.0594 e. The molecule has 0 aromatic heterocycles. The molecule has 17 heavy (non-hydrogen) atoms. The van der Waals surface area contributed by atoms with Crippen molar-refractivity contribution >= 4 is 0 Å². The Balaban J connectivity index is 1.69. The van der Waals surface area contributed by atoms with Gasteiger partial charge in [-0.2, -0.15) is 0 Å². The summed E-state index contributed by atoms with van der Waals surface area (Å²) < 4.78 is 5.58. The summed E-state index contributed by atoms with van der Waals surface area (Å²) in [6.07, 6.45) is 7.24. The zero-order valence-corrected chi connectivity index (χ0v) is 11.6. The van der Waals surface area contributed by atoms with Crippen LogP contribution in [0.15, 0.2) is 0 Å². The van der Waals surface area contributed by atoms with Gasteiger partial charge >= 0.3 is 0 Å². The van der Waals surface area contributed by atoms with Gasteiger partial charge in [0, 0.05) is 24.7 Å². The van der Waals surface area contributed by atoms with E-state index in [0.717, 1.165) is 31.3 Å². The zero-order chi connectivity index (χ0) is 12.3. The number of nitrogens with one attached hydrogen (secondary N) is 1. The first kappa shape index (κ1) is 13.3. The predicted octanol–water partition coefficient (Wildman–Crippen LogP) is 2.02. The summed E-state index contributed by atoms with van der Waals surface area (Å²) in [6.45, 7) is 6.05. The normalized spacial score (nSPS) is 34.2. The van der Waals surface area contributed by atoms with E-state index in [1.807, 2.05) is 0 Å². The van der Waals surface area contributed by atoms with Crippen molar-refractivity contribution < 1.29 is 4.74 Å². The summed E-state index contributed by atoms with van der Waals surface area (Å²) in [4.78, 5) is 2.62. The molecular weight excluding hydrogens is 212 g/mol. The van der Waals surface area contributed by atoms with Crippen LogP contribution in [-0.4, -0.2) is 49.3 Å². The molecule has 2 unspecified atom stereocenters. The van der Waals surface area contributed by atoms with Gasteiger partial charge in [0.15, 0.2) is 0 Å². The summed E-state index contributed by atoms with van der Waals surface area (Å²) in [7, 11) is 2.31. The van der Waals surface area contributed by atoms with E-state index in [1.54, 1.807) is 0 Å². The van der Waals surface area contributed by atoms with Crippen LogP contribution in [0.3, 0.4) is 0 Å². The van der Waals surface area contributed by atoms with Crippen LogP contribution in [0.1, 0.15) is 46.0 Å². The third-order valence-electron chi connectivity index (χ3n) is 4.33. The third kappa shape index (κ3) is 3.67. The molecule has 0 aliphatic carbocycles. The lowest BCUT2D eigenvalue weighted by molar-refractivity contribution is 0.0414. The van der Waals surface area contributed by atoms with Crippen LogP contribution >= 0.6 is 0 Å². The van der Waals surface area contributed by atoms with Crippen molar-refractivity contribution in [3.8, 4) is 0 Å². The van der Waals surface area contributed by atoms with Gasteiger partial charge in [-0.3, -0.25) is 0 Å². The first-order chi connectivity index (χ1) is 8.16. The van der Waals surface area contributed by atoms with E-state index in [4.69, 9.17) is 4.74 Å². The molecule has 2 aliphatic heterocycles. The number of nitrogens with zero attached hydrogens (tertiary/aromatic N) is 1. The number of rotatable bonds is 5. The Bertz CT molecular complexity index is 218. The van der Waals surface area contributed by atoms with Crippen molar-refractivity contribution in [3.63, 3.8) is 0 Å². The molecule has 100 valence electrons. The van der Waals surface area contributed by atoms with E-state index in [1.165, 1.54) is 32.1 Å². The molecule has 0 saturated carbocycles. The van der Waals surface area contributed by atoms with E-state index in [-0.39, 0.29) is 0 Å².